The van der Waals surface area contributed by atoms with Crippen LogP contribution in [0.4, 0.5) is 0 Å². The van der Waals surface area contributed by atoms with Crippen molar-refractivity contribution in [2.75, 3.05) is 0 Å². The van der Waals surface area contributed by atoms with Gasteiger partial charge in [0.25, 0.3) is 5.56 Å². The summed E-state index contributed by atoms with van der Waals surface area (Å²) in [6, 6.07) is 2.76. The molecule has 0 spiro atoms. The fraction of sp³-hybridized carbons (Fsp3) is 0.375. The number of pyridine rings is 1. The molecular weight excluding hydrogens is 169 g/mol. The molecule has 1 rings (SSSR count). The normalized spacial score (nSPS) is 10.5. The van der Waals surface area contributed by atoms with Crippen LogP contribution in [0.15, 0.2) is 23.1 Å². The lowest BCUT2D eigenvalue weighted by atomic mass is 9.82. The Morgan fingerprint density at radius 2 is 2.00 bits per heavy atom. The van der Waals surface area contributed by atoms with Gasteiger partial charge in [-0.1, -0.05) is 6.07 Å². The molecule has 2 N–H and O–H groups in total. The molecule has 0 aliphatic heterocycles. The van der Waals surface area contributed by atoms with Gasteiger partial charge in [-0.05, 0) is 19.3 Å². The summed E-state index contributed by atoms with van der Waals surface area (Å²) >= 11 is 0. The minimum absolute atomic E-state index is 0.0196. The Hall–Kier alpha value is -1.07. The van der Waals surface area contributed by atoms with E-state index in [2.05, 4.69) is 0 Å². The molecule has 0 aliphatic rings. The highest BCUT2D eigenvalue weighted by atomic mass is 16.4. The molecule has 0 amide bonds. The van der Waals surface area contributed by atoms with Gasteiger partial charge in [0.15, 0.2) is 0 Å². The zero-order valence-electron chi connectivity index (χ0n) is 7.64. The molecule has 0 saturated carbocycles. The minimum Gasteiger partial charge on any atom is -0.423 e. The summed E-state index contributed by atoms with van der Waals surface area (Å²) in [5.74, 6) is 0. The van der Waals surface area contributed by atoms with Gasteiger partial charge < -0.3 is 14.6 Å². The van der Waals surface area contributed by atoms with Crippen LogP contribution in [0.1, 0.15) is 19.9 Å². The van der Waals surface area contributed by atoms with Crippen molar-refractivity contribution < 1.29 is 10.0 Å². The Labute approximate surface area is 76.6 Å². The molecule has 5 heteroatoms. The van der Waals surface area contributed by atoms with E-state index < -0.39 is 7.12 Å². The van der Waals surface area contributed by atoms with E-state index in [0.29, 0.717) is 5.46 Å². The first-order chi connectivity index (χ1) is 6.02. The molecule has 0 saturated heterocycles. The maximum Gasteiger partial charge on any atom is 0.489 e. The van der Waals surface area contributed by atoms with Crippen LogP contribution in [-0.2, 0) is 0 Å². The summed E-state index contributed by atoms with van der Waals surface area (Å²) in [5, 5.41) is 17.7. The maximum absolute atomic E-state index is 11.2. The van der Waals surface area contributed by atoms with Crippen LogP contribution in [0.5, 0.6) is 0 Å². The molecule has 1 aromatic rings. The molecule has 0 fully saturated rings. The van der Waals surface area contributed by atoms with E-state index in [9.17, 15) is 4.79 Å². The Balaban J connectivity index is 3.19. The van der Waals surface area contributed by atoms with Crippen LogP contribution in [-0.4, -0.2) is 21.7 Å². The molecule has 0 atom stereocenters. The summed E-state index contributed by atoms with van der Waals surface area (Å²) in [5.41, 5.74) is 0.188. The van der Waals surface area contributed by atoms with Crippen molar-refractivity contribution in [1.29, 1.82) is 0 Å². The Bertz CT molecular complexity index is 345. The zero-order valence-corrected chi connectivity index (χ0v) is 7.64. The van der Waals surface area contributed by atoms with Crippen LogP contribution in [0.25, 0.3) is 0 Å². The lowest BCUT2D eigenvalue weighted by molar-refractivity contribution is 0.425. The predicted octanol–water partition coefficient (Wildman–Crippen LogP) is -0.891. The third-order valence-corrected chi connectivity index (χ3v) is 1.82. The average molecular weight is 181 g/mol. The fourth-order valence-electron chi connectivity index (χ4n) is 1.08. The van der Waals surface area contributed by atoms with Crippen molar-refractivity contribution >= 4 is 12.6 Å². The quantitative estimate of drug-likeness (QED) is 0.581. The summed E-state index contributed by atoms with van der Waals surface area (Å²) in [7, 11) is -1.52. The van der Waals surface area contributed by atoms with Crippen molar-refractivity contribution in [3.63, 3.8) is 0 Å². The summed E-state index contributed by atoms with van der Waals surface area (Å²) in [6.45, 7) is 3.71. The molecule has 70 valence electrons. The van der Waals surface area contributed by atoms with Crippen molar-refractivity contribution in [3.05, 3.63) is 28.7 Å². The van der Waals surface area contributed by atoms with Crippen LogP contribution in [0, 0.1) is 0 Å². The number of hydrogen-bond acceptors (Lipinski definition) is 3. The smallest absolute Gasteiger partial charge is 0.423 e. The van der Waals surface area contributed by atoms with E-state index in [1.54, 1.807) is 0 Å². The number of nitrogens with zero attached hydrogens (tertiary/aromatic N) is 1. The van der Waals surface area contributed by atoms with Crippen molar-refractivity contribution in [3.8, 4) is 0 Å². The molecule has 4 nitrogen and oxygen atoms in total. The minimum atomic E-state index is -1.52. The third-order valence-electron chi connectivity index (χ3n) is 1.82. The number of rotatable bonds is 2. The zero-order chi connectivity index (χ0) is 10.0. The maximum atomic E-state index is 11.2. The first-order valence-corrected chi connectivity index (χ1v) is 4.10. The van der Waals surface area contributed by atoms with Crippen molar-refractivity contribution in [2.45, 2.75) is 19.9 Å². The SMILES string of the molecule is CC(C)n1cc(B(O)O)ccc1=O. The molecule has 13 heavy (non-hydrogen) atoms. The van der Waals surface area contributed by atoms with Gasteiger partial charge in [0, 0.05) is 18.3 Å². The molecular formula is C8H12BNO3. The van der Waals surface area contributed by atoms with Crippen molar-refractivity contribution in [1.82, 2.24) is 4.57 Å². The topological polar surface area (TPSA) is 62.5 Å². The first kappa shape index (κ1) is 10.0. The summed E-state index contributed by atoms with van der Waals surface area (Å²) in [4.78, 5) is 11.2. The van der Waals surface area contributed by atoms with E-state index in [4.69, 9.17) is 10.0 Å². The fourth-order valence-corrected chi connectivity index (χ4v) is 1.08. The lowest BCUT2D eigenvalue weighted by Gasteiger charge is -2.10. The highest BCUT2D eigenvalue weighted by molar-refractivity contribution is 6.58. The van der Waals surface area contributed by atoms with E-state index >= 15 is 0 Å². The predicted molar refractivity (Wildman–Crippen MR) is 50.9 cm³/mol. The molecule has 1 aromatic heterocycles. The third kappa shape index (κ3) is 2.20. The molecule has 0 aromatic carbocycles. The Morgan fingerprint density at radius 1 is 1.38 bits per heavy atom. The van der Waals surface area contributed by atoms with Crippen LogP contribution < -0.4 is 11.0 Å². The second-order valence-electron chi connectivity index (χ2n) is 3.18. The van der Waals surface area contributed by atoms with Crippen LogP contribution in [0.2, 0.25) is 0 Å². The largest absolute Gasteiger partial charge is 0.489 e. The van der Waals surface area contributed by atoms with E-state index in [0.717, 1.165) is 0 Å². The average Bonchev–Trinajstić information content (AvgIpc) is 2.04. The van der Waals surface area contributed by atoms with Crippen LogP contribution >= 0.6 is 0 Å². The first-order valence-electron chi connectivity index (χ1n) is 4.10. The number of hydrogen-bond donors (Lipinski definition) is 2. The molecule has 0 bridgehead atoms. The summed E-state index contributed by atoms with van der Waals surface area (Å²) < 4.78 is 1.45. The van der Waals surface area contributed by atoms with E-state index in [1.807, 2.05) is 13.8 Å². The molecule has 1 heterocycles. The Kier molecular flexibility index (Phi) is 2.90. The van der Waals surface area contributed by atoms with Gasteiger partial charge >= 0.3 is 7.12 Å². The van der Waals surface area contributed by atoms with E-state index in [-0.39, 0.29) is 11.6 Å². The van der Waals surface area contributed by atoms with Crippen molar-refractivity contribution in [2.24, 2.45) is 0 Å². The van der Waals surface area contributed by atoms with Gasteiger partial charge in [-0.25, -0.2) is 0 Å². The van der Waals surface area contributed by atoms with Gasteiger partial charge in [0.2, 0.25) is 0 Å². The standard InChI is InChI=1S/C8H12BNO3/c1-6(2)10-5-7(9(12)13)3-4-8(10)11/h3-6,12-13H,1-2H3. The van der Waals surface area contributed by atoms with Gasteiger partial charge in [0.05, 0.1) is 0 Å². The van der Waals surface area contributed by atoms with Gasteiger partial charge in [-0.15, -0.1) is 0 Å². The highest BCUT2D eigenvalue weighted by Gasteiger charge is 2.12. The molecule has 0 unspecified atom stereocenters. The van der Waals surface area contributed by atoms with Crippen LogP contribution in [0.3, 0.4) is 0 Å². The van der Waals surface area contributed by atoms with Gasteiger partial charge in [-0.3, -0.25) is 4.79 Å². The Morgan fingerprint density at radius 3 is 2.46 bits per heavy atom. The van der Waals surface area contributed by atoms with E-state index in [1.165, 1.54) is 22.9 Å². The monoisotopic (exact) mass is 181 g/mol. The highest BCUT2D eigenvalue weighted by Crippen LogP contribution is 1.96. The van der Waals surface area contributed by atoms with Gasteiger partial charge in [0.1, 0.15) is 0 Å². The molecule has 0 radical (unpaired) electrons. The van der Waals surface area contributed by atoms with Gasteiger partial charge in [-0.2, -0.15) is 0 Å². The summed E-state index contributed by atoms with van der Waals surface area (Å²) in [6.07, 6.45) is 1.46. The second-order valence-corrected chi connectivity index (χ2v) is 3.18. The lowest BCUT2D eigenvalue weighted by Crippen LogP contribution is -2.35. The molecule has 0 aliphatic carbocycles. The second kappa shape index (κ2) is 3.76. The number of aromatic nitrogens is 1.